The van der Waals surface area contributed by atoms with E-state index in [1.807, 2.05) is 61.5 Å². The lowest BCUT2D eigenvalue weighted by molar-refractivity contribution is 0.0458. The van der Waals surface area contributed by atoms with E-state index in [4.69, 9.17) is 10.5 Å². The molecule has 166 valence electrons. The minimum Gasteiger partial charge on any atom is -0.445 e. The van der Waals surface area contributed by atoms with Gasteiger partial charge in [-0.1, -0.05) is 48.5 Å². The number of hydrogen-bond acceptors (Lipinski definition) is 4. The first-order valence-electron chi connectivity index (χ1n) is 10.8. The molecule has 0 aromatic heterocycles. The Balaban J connectivity index is 1.35. The first-order valence-corrected chi connectivity index (χ1v) is 10.8. The molecule has 6 heteroatoms. The fraction of sp³-hybridized carbons (Fsp3) is 0.269. The van der Waals surface area contributed by atoms with Crippen LogP contribution in [-0.2, 0) is 17.9 Å². The number of nitrogen functional groups attached to an aromatic ring is 1. The molecule has 0 aliphatic carbocycles. The average Bonchev–Trinajstić information content (AvgIpc) is 2.80. The molecule has 1 heterocycles. The van der Waals surface area contributed by atoms with Crippen molar-refractivity contribution in [2.24, 2.45) is 0 Å². The molecule has 1 fully saturated rings. The Labute approximate surface area is 188 Å². The number of anilines is 1. The lowest BCUT2D eigenvalue weighted by Crippen LogP contribution is -2.53. The fourth-order valence-electron chi connectivity index (χ4n) is 4.11. The van der Waals surface area contributed by atoms with E-state index in [0.29, 0.717) is 17.8 Å². The van der Waals surface area contributed by atoms with Gasteiger partial charge in [-0.15, -0.1) is 0 Å². The summed E-state index contributed by atoms with van der Waals surface area (Å²) in [5.41, 5.74) is 9.76. The van der Waals surface area contributed by atoms with Gasteiger partial charge in [0.1, 0.15) is 12.4 Å². The summed E-state index contributed by atoms with van der Waals surface area (Å²) >= 11 is 0. The molecule has 4 rings (SSSR count). The quantitative estimate of drug-likeness (QED) is 0.581. The van der Waals surface area contributed by atoms with Crippen LogP contribution in [0.25, 0.3) is 11.1 Å². The number of carbonyl (C=O) groups excluding carboxylic acids is 1. The summed E-state index contributed by atoms with van der Waals surface area (Å²) in [5, 5.41) is 0. The predicted octanol–water partition coefficient (Wildman–Crippen LogP) is 4.92. The van der Waals surface area contributed by atoms with E-state index < -0.39 is 0 Å². The minimum absolute atomic E-state index is 0.0431. The molecule has 0 unspecified atom stereocenters. The number of hydrogen-bond donors (Lipinski definition) is 1. The number of piperazine rings is 1. The SMILES string of the molecule is C[C@H]1CN(Cc2cccc(-c3cc(N)ccc3F)c2)CCN1C(=O)OCc1ccccc1. The van der Waals surface area contributed by atoms with E-state index in [1.165, 1.54) is 6.07 Å². The summed E-state index contributed by atoms with van der Waals surface area (Å²) < 4.78 is 19.8. The van der Waals surface area contributed by atoms with Gasteiger partial charge in [0.2, 0.25) is 0 Å². The van der Waals surface area contributed by atoms with Crippen LogP contribution in [0.2, 0.25) is 0 Å². The van der Waals surface area contributed by atoms with Crippen molar-refractivity contribution in [3.05, 3.63) is 89.7 Å². The normalized spacial score (nSPS) is 16.7. The zero-order valence-corrected chi connectivity index (χ0v) is 18.2. The third-order valence-electron chi connectivity index (χ3n) is 5.79. The second-order valence-electron chi connectivity index (χ2n) is 8.26. The Hall–Kier alpha value is -3.38. The molecule has 0 saturated carbocycles. The van der Waals surface area contributed by atoms with Crippen LogP contribution in [0.15, 0.2) is 72.8 Å². The van der Waals surface area contributed by atoms with Crippen molar-refractivity contribution in [3.63, 3.8) is 0 Å². The second-order valence-corrected chi connectivity index (χ2v) is 8.26. The molecule has 1 amide bonds. The number of carbonyl (C=O) groups is 1. The number of halogens is 1. The molecule has 3 aromatic carbocycles. The Kier molecular flexibility index (Phi) is 6.71. The maximum absolute atomic E-state index is 14.3. The van der Waals surface area contributed by atoms with E-state index in [1.54, 1.807) is 17.0 Å². The highest BCUT2D eigenvalue weighted by Crippen LogP contribution is 2.26. The lowest BCUT2D eigenvalue weighted by Gasteiger charge is -2.39. The Bertz CT molecular complexity index is 1070. The average molecular weight is 434 g/mol. The molecule has 32 heavy (non-hydrogen) atoms. The Morgan fingerprint density at radius 3 is 2.59 bits per heavy atom. The number of benzene rings is 3. The third-order valence-corrected chi connectivity index (χ3v) is 5.79. The van der Waals surface area contributed by atoms with E-state index in [2.05, 4.69) is 4.90 Å². The molecule has 1 aliphatic heterocycles. The smallest absolute Gasteiger partial charge is 0.410 e. The predicted molar refractivity (Wildman–Crippen MR) is 124 cm³/mol. The van der Waals surface area contributed by atoms with Gasteiger partial charge in [0, 0.05) is 43.5 Å². The number of rotatable bonds is 5. The van der Waals surface area contributed by atoms with Gasteiger partial charge in [0.15, 0.2) is 0 Å². The van der Waals surface area contributed by atoms with E-state index in [-0.39, 0.29) is 24.6 Å². The summed E-state index contributed by atoms with van der Waals surface area (Å²) in [6.45, 7) is 5.15. The van der Waals surface area contributed by atoms with Gasteiger partial charge in [-0.05, 0) is 47.9 Å². The largest absolute Gasteiger partial charge is 0.445 e. The summed E-state index contributed by atoms with van der Waals surface area (Å²) in [4.78, 5) is 16.6. The molecule has 1 atom stereocenters. The van der Waals surface area contributed by atoms with Crippen LogP contribution >= 0.6 is 0 Å². The molecular weight excluding hydrogens is 405 g/mol. The minimum atomic E-state index is -0.285. The lowest BCUT2D eigenvalue weighted by atomic mass is 10.0. The summed E-state index contributed by atoms with van der Waals surface area (Å²) in [6.07, 6.45) is -0.278. The zero-order valence-electron chi connectivity index (χ0n) is 18.2. The van der Waals surface area contributed by atoms with Crippen LogP contribution in [-0.4, -0.2) is 41.6 Å². The molecule has 0 bridgehead atoms. The molecule has 0 spiro atoms. The summed E-state index contributed by atoms with van der Waals surface area (Å²) in [6, 6.07) is 22.2. The monoisotopic (exact) mass is 433 g/mol. The van der Waals surface area contributed by atoms with Crippen molar-refractivity contribution in [1.29, 1.82) is 0 Å². The number of amides is 1. The summed E-state index contributed by atoms with van der Waals surface area (Å²) in [5.74, 6) is -0.285. The molecule has 0 radical (unpaired) electrons. The number of nitrogens with two attached hydrogens (primary N) is 1. The fourth-order valence-corrected chi connectivity index (χ4v) is 4.11. The van der Waals surface area contributed by atoms with Crippen molar-refractivity contribution in [2.75, 3.05) is 25.4 Å². The first kappa shape index (κ1) is 21.8. The van der Waals surface area contributed by atoms with E-state index in [9.17, 15) is 9.18 Å². The van der Waals surface area contributed by atoms with Crippen LogP contribution in [0.3, 0.4) is 0 Å². The highest BCUT2D eigenvalue weighted by molar-refractivity contribution is 5.69. The molecule has 1 aliphatic rings. The van der Waals surface area contributed by atoms with Crippen molar-refractivity contribution in [3.8, 4) is 11.1 Å². The van der Waals surface area contributed by atoms with Crippen molar-refractivity contribution in [2.45, 2.75) is 26.1 Å². The van der Waals surface area contributed by atoms with Crippen molar-refractivity contribution < 1.29 is 13.9 Å². The third kappa shape index (κ3) is 5.26. The van der Waals surface area contributed by atoms with Gasteiger partial charge in [-0.3, -0.25) is 4.90 Å². The molecule has 2 N–H and O–H groups in total. The molecular formula is C26H28FN3O2. The number of ether oxygens (including phenoxy) is 1. The first-order chi connectivity index (χ1) is 15.5. The standard InChI is InChI=1S/C26H28FN3O2/c1-19-16-29(12-13-30(19)26(31)32-18-20-6-3-2-4-7-20)17-21-8-5-9-22(14-21)24-15-23(28)10-11-25(24)27/h2-11,14-15,19H,12-13,16-18,28H2,1H3/t19-/m0/s1. The highest BCUT2D eigenvalue weighted by atomic mass is 19.1. The van der Waals surface area contributed by atoms with Gasteiger partial charge < -0.3 is 15.4 Å². The van der Waals surface area contributed by atoms with Crippen LogP contribution in [0.1, 0.15) is 18.1 Å². The maximum Gasteiger partial charge on any atom is 0.410 e. The second kappa shape index (κ2) is 9.83. The summed E-state index contributed by atoms with van der Waals surface area (Å²) in [7, 11) is 0. The van der Waals surface area contributed by atoms with Crippen molar-refractivity contribution >= 4 is 11.8 Å². The van der Waals surface area contributed by atoms with Crippen LogP contribution < -0.4 is 5.73 Å². The topological polar surface area (TPSA) is 58.8 Å². The van der Waals surface area contributed by atoms with Gasteiger partial charge in [-0.25, -0.2) is 9.18 Å². The van der Waals surface area contributed by atoms with E-state index in [0.717, 1.165) is 36.3 Å². The number of nitrogens with zero attached hydrogens (tertiary/aromatic N) is 2. The van der Waals surface area contributed by atoms with Crippen LogP contribution in [0.4, 0.5) is 14.9 Å². The van der Waals surface area contributed by atoms with Crippen LogP contribution in [0.5, 0.6) is 0 Å². The van der Waals surface area contributed by atoms with E-state index >= 15 is 0 Å². The zero-order chi connectivity index (χ0) is 22.5. The Morgan fingerprint density at radius 2 is 1.81 bits per heavy atom. The van der Waals surface area contributed by atoms with Gasteiger partial charge in [0.25, 0.3) is 0 Å². The van der Waals surface area contributed by atoms with Gasteiger partial charge in [-0.2, -0.15) is 0 Å². The van der Waals surface area contributed by atoms with Gasteiger partial charge >= 0.3 is 6.09 Å². The molecule has 5 nitrogen and oxygen atoms in total. The molecule has 1 saturated heterocycles. The maximum atomic E-state index is 14.3. The van der Waals surface area contributed by atoms with Crippen LogP contribution in [0, 0.1) is 5.82 Å². The molecule has 3 aromatic rings. The van der Waals surface area contributed by atoms with Crippen molar-refractivity contribution in [1.82, 2.24) is 9.80 Å². The Morgan fingerprint density at radius 1 is 1.03 bits per heavy atom. The van der Waals surface area contributed by atoms with Gasteiger partial charge in [0.05, 0.1) is 0 Å². The highest BCUT2D eigenvalue weighted by Gasteiger charge is 2.28.